The minimum Gasteiger partial charge on any atom is -0.507 e. The van der Waals surface area contributed by atoms with E-state index >= 15 is 0 Å². The van der Waals surface area contributed by atoms with Crippen LogP contribution in [0.3, 0.4) is 0 Å². The number of aromatic nitrogens is 1. The second kappa shape index (κ2) is 12.2. The lowest BCUT2D eigenvalue weighted by molar-refractivity contribution is -0.140. The van der Waals surface area contributed by atoms with Gasteiger partial charge in [-0.3, -0.25) is 19.5 Å². The van der Waals surface area contributed by atoms with Gasteiger partial charge in [-0.25, -0.2) is 0 Å². The van der Waals surface area contributed by atoms with Crippen LogP contribution in [-0.4, -0.2) is 71.0 Å². The molecule has 0 saturated carbocycles. The standard InChI is InChI=1S/C31H33N3O5/c1-22-4-2-5-23(20-22)21-39-26-8-6-25(7-9-26)29(35)27-28(24-10-12-32-13-11-24)34(31(37)30(27)36)15-3-14-33-16-18-38-19-17-33/h2,4-13,20,28,35H,3,14-19,21H2,1H3/b29-27+. The molecule has 39 heavy (non-hydrogen) atoms. The van der Waals surface area contributed by atoms with Gasteiger partial charge in [0.15, 0.2) is 0 Å². The fraction of sp³-hybridized carbons (Fsp3) is 0.323. The zero-order valence-electron chi connectivity index (χ0n) is 22.1. The summed E-state index contributed by atoms with van der Waals surface area (Å²) >= 11 is 0. The molecule has 1 atom stereocenters. The molecule has 2 saturated heterocycles. The molecule has 3 heterocycles. The maximum Gasteiger partial charge on any atom is 0.295 e. The summed E-state index contributed by atoms with van der Waals surface area (Å²) in [5, 5.41) is 11.3. The van der Waals surface area contributed by atoms with Gasteiger partial charge in [-0.1, -0.05) is 29.8 Å². The van der Waals surface area contributed by atoms with Crippen LogP contribution >= 0.6 is 0 Å². The first-order chi connectivity index (χ1) is 19.0. The molecule has 1 aromatic heterocycles. The maximum absolute atomic E-state index is 13.3. The summed E-state index contributed by atoms with van der Waals surface area (Å²) in [6.45, 7) is 6.79. The number of carbonyl (C=O) groups is 2. The molecule has 1 unspecified atom stereocenters. The highest BCUT2D eigenvalue weighted by Gasteiger charge is 2.45. The summed E-state index contributed by atoms with van der Waals surface area (Å²) in [7, 11) is 0. The number of Topliss-reactive ketones (excluding diaryl/α,β-unsaturated/α-hetero) is 1. The number of aliphatic hydroxyl groups is 1. The summed E-state index contributed by atoms with van der Waals surface area (Å²) in [6.07, 6.45) is 3.97. The first-order valence-corrected chi connectivity index (χ1v) is 13.3. The molecular weight excluding hydrogens is 494 g/mol. The van der Waals surface area contributed by atoms with Gasteiger partial charge in [-0.2, -0.15) is 0 Å². The van der Waals surface area contributed by atoms with Crippen LogP contribution in [0.1, 0.15) is 34.7 Å². The third-order valence-corrected chi connectivity index (χ3v) is 7.15. The molecule has 2 fully saturated rings. The van der Waals surface area contributed by atoms with Gasteiger partial charge < -0.3 is 19.5 Å². The van der Waals surface area contributed by atoms with Crippen molar-refractivity contribution in [2.24, 2.45) is 0 Å². The largest absolute Gasteiger partial charge is 0.507 e. The Hall–Kier alpha value is -4.01. The van der Waals surface area contributed by atoms with Crippen molar-refractivity contribution in [1.82, 2.24) is 14.8 Å². The smallest absolute Gasteiger partial charge is 0.295 e. The van der Waals surface area contributed by atoms with Crippen LogP contribution < -0.4 is 4.74 Å². The molecule has 2 aliphatic heterocycles. The van der Waals surface area contributed by atoms with Gasteiger partial charge in [0.2, 0.25) is 0 Å². The van der Waals surface area contributed by atoms with Gasteiger partial charge >= 0.3 is 0 Å². The number of ketones is 1. The summed E-state index contributed by atoms with van der Waals surface area (Å²) in [5.74, 6) is -0.836. The van der Waals surface area contributed by atoms with Crippen molar-refractivity contribution < 1.29 is 24.2 Å². The van der Waals surface area contributed by atoms with Crippen LogP contribution in [0.15, 0.2) is 78.6 Å². The van der Waals surface area contributed by atoms with E-state index in [2.05, 4.69) is 16.0 Å². The number of aryl methyl sites for hydroxylation is 1. The Morgan fingerprint density at radius 1 is 1.03 bits per heavy atom. The SMILES string of the molecule is Cc1cccc(COc2ccc(/C(O)=C3\C(=O)C(=O)N(CCCN4CCOCC4)C3c3ccncc3)cc2)c1. The molecule has 0 spiro atoms. The van der Waals surface area contributed by atoms with E-state index in [4.69, 9.17) is 9.47 Å². The Labute approximate surface area is 228 Å². The number of amides is 1. The first-order valence-electron chi connectivity index (χ1n) is 13.3. The average Bonchev–Trinajstić information content (AvgIpc) is 3.22. The number of carbonyl (C=O) groups excluding carboxylic acids is 2. The van der Waals surface area contributed by atoms with E-state index in [-0.39, 0.29) is 11.3 Å². The Morgan fingerprint density at radius 2 is 1.77 bits per heavy atom. The molecule has 8 heteroatoms. The molecule has 2 aromatic carbocycles. The molecule has 8 nitrogen and oxygen atoms in total. The number of ether oxygens (including phenoxy) is 2. The zero-order valence-corrected chi connectivity index (χ0v) is 22.1. The van der Waals surface area contributed by atoms with E-state index in [1.165, 1.54) is 0 Å². The molecule has 0 bridgehead atoms. The van der Waals surface area contributed by atoms with Crippen LogP contribution in [0.25, 0.3) is 5.76 Å². The van der Waals surface area contributed by atoms with Gasteiger partial charge in [0.1, 0.15) is 18.1 Å². The topological polar surface area (TPSA) is 92.2 Å². The van der Waals surface area contributed by atoms with Crippen LogP contribution in [-0.2, 0) is 20.9 Å². The number of rotatable bonds is 9. The highest BCUT2D eigenvalue weighted by Crippen LogP contribution is 2.39. The minimum absolute atomic E-state index is 0.0889. The molecule has 5 rings (SSSR count). The Morgan fingerprint density at radius 3 is 2.49 bits per heavy atom. The number of pyridine rings is 1. The van der Waals surface area contributed by atoms with E-state index < -0.39 is 17.7 Å². The van der Waals surface area contributed by atoms with Gasteiger partial charge in [0, 0.05) is 44.1 Å². The number of nitrogens with zero attached hydrogens (tertiary/aromatic N) is 3. The van der Waals surface area contributed by atoms with E-state index in [0.717, 1.165) is 36.3 Å². The lowest BCUT2D eigenvalue weighted by Crippen LogP contribution is -2.38. The minimum atomic E-state index is -0.685. The Kier molecular flexibility index (Phi) is 8.34. The van der Waals surface area contributed by atoms with Crippen molar-refractivity contribution in [2.45, 2.75) is 26.0 Å². The Balaban J connectivity index is 1.36. The van der Waals surface area contributed by atoms with Crippen molar-refractivity contribution in [1.29, 1.82) is 0 Å². The predicted molar refractivity (Wildman–Crippen MR) is 147 cm³/mol. The third-order valence-electron chi connectivity index (χ3n) is 7.15. The molecule has 0 radical (unpaired) electrons. The number of hydrogen-bond donors (Lipinski definition) is 1. The number of aliphatic hydroxyl groups excluding tert-OH is 1. The van der Waals surface area contributed by atoms with Gasteiger partial charge in [0.25, 0.3) is 11.7 Å². The van der Waals surface area contributed by atoms with Crippen molar-refractivity contribution in [3.8, 4) is 5.75 Å². The molecule has 202 valence electrons. The van der Waals surface area contributed by atoms with Crippen molar-refractivity contribution in [3.05, 3.63) is 101 Å². The van der Waals surface area contributed by atoms with Gasteiger partial charge in [-0.05, 0) is 60.9 Å². The average molecular weight is 528 g/mol. The molecule has 1 N–H and O–H groups in total. The van der Waals surface area contributed by atoms with Crippen LogP contribution in [0, 0.1) is 6.92 Å². The number of benzene rings is 2. The van der Waals surface area contributed by atoms with E-state index in [1.54, 1.807) is 53.7 Å². The lowest BCUT2D eigenvalue weighted by Gasteiger charge is -2.29. The number of morpholine rings is 1. The molecule has 2 aliphatic rings. The van der Waals surface area contributed by atoms with Crippen molar-refractivity contribution in [3.63, 3.8) is 0 Å². The number of likely N-dealkylation sites (tertiary alicyclic amines) is 1. The fourth-order valence-corrected chi connectivity index (χ4v) is 5.13. The number of hydrogen-bond acceptors (Lipinski definition) is 7. The monoisotopic (exact) mass is 527 g/mol. The Bertz CT molecular complexity index is 1330. The quantitative estimate of drug-likeness (QED) is 0.254. The van der Waals surface area contributed by atoms with Gasteiger partial charge in [0.05, 0.1) is 24.8 Å². The maximum atomic E-state index is 13.3. The third kappa shape index (κ3) is 6.19. The van der Waals surface area contributed by atoms with Crippen molar-refractivity contribution in [2.75, 3.05) is 39.4 Å². The van der Waals surface area contributed by atoms with Crippen LogP contribution in [0.4, 0.5) is 0 Å². The highest BCUT2D eigenvalue weighted by molar-refractivity contribution is 6.46. The zero-order chi connectivity index (χ0) is 27.2. The fourth-order valence-electron chi connectivity index (χ4n) is 5.13. The first kappa shape index (κ1) is 26.6. The molecule has 3 aromatic rings. The molecule has 0 aliphatic carbocycles. The molecule has 1 amide bonds. The van der Waals surface area contributed by atoms with E-state index in [9.17, 15) is 14.7 Å². The van der Waals surface area contributed by atoms with Gasteiger partial charge in [-0.15, -0.1) is 0 Å². The summed E-state index contributed by atoms with van der Waals surface area (Å²) in [6, 6.07) is 17.9. The second-order valence-corrected chi connectivity index (χ2v) is 9.88. The normalized spacial score (nSPS) is 19.4. The van der Waals surface area contributed by atoms with E-state index in [1.807, 2.05) is 25.1 Å². The molecular formula is C31H33N3O5. The van der Waals surface area contributed by atoms with Crippen LogP contribution in [0.5, 0.6) is 5.75 Å². The van der Waals surface area contributed by atoms with Crippen molar-refractivity contribution >= 4 is 17.4 Å². The second-order valence-electron chi connectivity index (χ2n) is 9.88. The van der Waals surface area contributed by atoms with Crippen LogP contribution in [0.2, 0.25) is 0 Å². The summed E-state index contributed by atoms with van der Waals surface area (Å²) in [4.78, 5) is 34.4. The predicted octanol–water partition coefficient (Wildman–Crippen LogP) is 4.11. The summed E-state index contributed by atoms with van der Waals surface area (Å²) in [5.41, 5.74) is 3.50. The summed E-state index contributed by atoms with van der Waals surface area (Å²) < 4.78 is 11.3. The highest BCUT2D eigenvalue weighted by atomic mass is 16.5. The van der Waals surface area contributed by atoms with E-state index in [0.29, 0.717) is 44.1 Å². The lowest BCUT2D eigenvalue weighted by atomic mass is 9.96.